The molecule has 0 unspecified atom stereocenters. The second kappa shape index (κ2) is 7.36. The van der Waals surface area contributed by atoms with Gasteiger partial charge in [-0.25, -0.2) is 0 Å². The minimum Gasteiger partial charge on any atom is -0.506 e. The van der Waals surface area contributed by atoms with Gasteiger partial charge in [0.2, 0.25) is 0 Å². The largest absolute Gasteiger partial charge is 2.00 e. The van der Waals surface area contributed by atoms with E-state index in [0.29, 0.717) is 11.4 Å². The minimum absolute atomic E-state index is 0. The fraction of sp³-hybridized carbons (Fsp3) is 0. The molecule has 0 aromatic heterocycles. The number of benzene rings is 2. The van der Waals surface area contributed by atoms with E-state index in [-0.39, 0.29) is 28.6 Å². The van der Waals surface area contributed by atoms with Crippen LogP contribution >= 0.6 is 0 Å². The van der Waals surface area contributed by atoms with Crippen molar-refractivity contribution in [3.05, 3.63) is 48.5 Å². The summed E-state index contributed by atoms with van der Waals surface area (Å²) in [6.07, 6.45) is 2.92. The van der Waals surface area contributed by atoms with Crippen LogP contribution in [-0.4, -0.2) is 22.6 Å². The third-order valence-electron chi connectivity index (χ3n) is 2.26. The summed E-state index contributed by atoms with van der Waals surface area (Å²) in [7, 11) is 0. The van der Waals surface area contributed by atoms with E-state index in [1.165, 1.54) is 12.4 Å². The van der Waals surface area contributed by atoms with Gasteiger partial charge in [-0.3, -0.25) is 9.98 Å². The predicted molar refractivity (Wildman–Crippen MR) is 72.5 cm³/mol. The van der Waals surface area contributed by atoms with Crippen molar-refractivity contribution in [1.29, 1.82) is 0 Å². The van der Waals surface area contributed by atoms with Crippen molar-refractivity contribution in [1.82, 2.24) is 0 Å². The average molecular weight is 304 g/mol. The second-order valence-electron chi connectivity index (χ2n) is 3.53. The molecule has 0 spiro atoms. The fourth-order valence-corrected chi connectivity index (χ4v) is 1.37. The van der Waals surface area contributed by atoms with Crippen LogP contribution in [0.4, 0.5) is 11.4 Å². The first-order valence-corrected chi connectivity index (χ1v) is 5.40. The Labute approximate surface area is 121 Å². The Bertz CT molecular complexity index is 544. The van der Waals surface area contributed by atoms with Crippen LogP contribution < -0.4 is 0 Å². The van der Waals surface area contributed by atoms with Gasteiger partial charge < -0.3 is 10.2 Å². The normalized spacial score (nSPS) is 10.7. The topological polar surface area (TPSA) is 65.2 Å². The summed E-state index contributed by atoms with van der Waals surface area (Å²) >= 11 is 0. The number of aromatic hydroxyl groups is 2. The summed E-state index contributed by atoms with van der Waals surface area (Å²) < 4.78 is 0. The van der Waals surface area contributed by atoms with E-state index < -0.39 is 0 Å². The third kappa shape index (κ3) is 4.25. The monoisotopic (exact) mass is 303 g/mol. The molecule has 0 amide bonds. The first-order valence-electron chi connectivity index (χ1n) is 5.40. The van der Waals surface area contributed by atoms with Crippen LogP contribution in [0.5, 0.6) is 11.5 Å². The van der Waals surface area contributed by atoms with Gasteiger partial charge >= 0.3 is 17.1 Å². The van der Waals surface area contributed by atoms with Crippen molar-refractivity contribution in [2.45, 2.75) is 0 Å². The maximum Gasteiger partial charge on any atom is 2.00 e. The molecule has 5 heteroatoms. The van der Waals surface area contributed by atoms with Crippen LogP contribution in [0.25, 0.3) is 0 Å². The Morgan fingerprint density at radius 2 is 1.05 bits per heavy atom. The van der Waals surface area contributed by atoms with E-state index >= 15 is 0 Å². The molecule has 0 bridgehead atoms. The number of nitrogens with zero attached hydrogens (tertiary/aromatic N) is 2. The smallest absolute Gasteiger partial charge is 0.506 e. The summed E-state index contributed by atoms with van der Waals surface area (Å²) in [5.41, 5.74) is 0.947. The molecule has 2 rings (SSSR count). The minimum atomic E-state index is 0. The van der Waals surface area contributed by atoms with Gasteiger partial charge in [0.15, 0.2) is 0 Å². The Balaban J connectivity index is 0.00000180. The summed E-state index contributed by atoms with van der Waals surface area (Å²) in [6.45, 7) is 0. The molecule has 0 heterocycles. The van der Waals surface area contributed by atoms with Crippen LogP contribution in [0.3, 0.4) is 0 Å². The quantitative estimate of drug-likeness (QED) is 0.675. The number of rotatable bonds is 3. The average Bonchev–Trinajstić information content (AvgIpc) is 2.38. The third-order valence-corrected chi connectivity index (χ3v) is 2.26. The zero-order valence-corrected chi connectivity index (χ0v) is 10.8. The number of hydrogen-bond acceptors (Lipinski definition) is 4. The van der Waals surface area contributed by atoms with Gasteiger partial charge in [0, 0.05) is 12.4 Å². The van der Waals surface area contributed by atoms with Crippen LogP contribution in [0.1, 0.15) is 0 Å². The summed E-state index contributed by atoms with van der Waals surface area (Å²) in [5, 5.41) is 18.9. The van der Waals surface area contributed by atoms with Gasteiger partial charge in [-0.15, -0.1) is 0 Å². The molecule has 2 aromatic carbocycles. The molecule has 0 saturated heterocycles. The zero-order valence-electron chi connectivity index (χ0n) is 9.86. The van der Waals surface area contributed by atoms with Crippen molar-refractivity contribution in [3.8, 4) is 11.5 Å². The summed E-state index contributed by atoms with van der Waals surface area (Å²) in [6, 6.07) is 13.5. The fourth-order valence-electron chi connectivity index (χ4n) is 1.37. The molecule has 0 aliphatic carbocycles. The van der Waals surface area contributed by atoms with E-state index in [4.69, 9.17) is 0 Å². The molecule has 2 aromatic rings. The number of para-hydroxylation sites is 4. The molecule has 4 nitrogen and oxygen atoms in total. The summed E-state index contributed by atoms with van der Waals surface area (Å²) in [5.74, 6) is 0.231. The first-order chi connectivity index (χ1) is 8.77. The molecule has 1 radical (unpaired) electrons. The van der Waals surface area contributed by atoms with E-state index in [2.05, 4.69) is 9.98 Å². The van der Waals surface area contributed by atoms with Gasteiger partial charge in [0.25, 0.3) is 0 Å². The standard InChI is InChI=1S/C14H12N2O2.Cu/c17-13-7-3-1-5-11(13)15-9-10-16-12-6-2-4-8-14(12)18;/h1-10,17-18H;/q;+2. The molecular weight excluding hydrogens is 292 g/mol. The van der Waals surface area contributed by atoms with Crippen molar-refractivity contribution in [2.75, 3.05) is 0 Å². The van der Waals surface area contributed by atoms with E-state index in [9.17, 15) is 10.2 Å². The maximum atomic E-state index is 9.47. The number of hydrogen-bond donors (Lipinski definition) is 2. The molecule has 99 valence electrons. The van der Waals surface area contributed by atoms with Crippen molar-refractivity contribution in [3.63, 3.8) is 0 Å². The van der Waals surface area contributed by atoms with Gasteiger partial charge in [-0.2, -0.15) is 0 Å². The van der Waals surface area contributed by atoms with E-state index in [1.807, 2.05) is 0 Å². The SMILES string of the molecule is Oc1ccccc1N=CC=Nc1ccccc1O.[Cu+2]. The van der Waals surface area contributed by atoms with Gasteiger partial charge in [0.1, 0.15) is 22.9 Å². The van der Waals surface area contributed by atoms with E-state index in [1.54, 1.807) is 48.5 Å². The van der Waals surface area contributed by atoms with Crippen molar-refractivity contribution >= 4 is 23.8 Å². The van der Waals surface area contributed by atoms with Crippen molar-refractivity contribution < 1.29 is 27.3 Å². The second-order valence-corrected chi connectivity index (χ2v) is 3.53. The first kappa shape index (κ1) is 15.0. The number of phenolic OH excluding ortho intramolecular Hbond substituents is 2. The Morgan fingerprint density at radius 1 is 0.684 bits per heavy atom. The van der Waals surface area contributed by atoms with Crippen LogP contribution in [0.2, 0.25) is 0 Å². The molecule has 0 fully saturated rings. The van der Waals surface area contributed by atoms with Crippen LogP contribution in [-0.2, 0) is 17.1 Å². The van der Waals surface area contributed by atoms with Crippen LogP contribution in [0, 0.1) is 0 Å². The number of aliphatic imine (C=N–C) groups is 2. The molecule has 2 N–H and O–H groups in total. The Hall–Kier alpha value is -2.10. The molecule has 0 saturated carbocycles. The maximum absolute atomic E-state index is 9.47. The Morgan fingerprint density at radius 3 is 1.42 bits per heavy atom. The zero-order chi connectivity index (χ0) is 12.8. The van der Waals surface area contributed by atoms with Gasteiger partial charge in [-0.05, 0) is 24.3 Å². The van der Waals surface area contributed by atoms with Crippen LogP contribution in [0.15, 0.2) is 58.5 Å². The molecule has 19 heavy (non-hydrogen) atoms. The number of phenols is 2. The van der Waals surface area contributed by atoms with Crippen molar-refractivity contribution in [2.24, 2.45) is 9.98 Å². The summed E-state index contributed by atoms with van der Waals surface area (Å²) in [4.78, 5) is 8.09. The predicted octanol–water partition coefficient (Wildman–Crippen LogP) is 3.20. The van der Waals surface area contributed by atoms with Gasteiger partial charge in [0.05, 0.1) is 0 Å². The molecular formula is C14H12CuN2O2+2. The Kier molecular flexibility index (Phi) is 5.79. The van der Waals surface area contributed by atoms with E-state index in [0.717, 1.165) is 0 Å². The molecule has 0 aliphatic heterocycles. The van der Waals surface area contributed by atoms with Gasteiger partial charge in [-0.1, -0.05) is 24.3 Å². The molecule has 0 aliphatic rings. The molecule has 0 atom stereocenters.